The van der Waals surface area contributed by atoms with Crippen LogP contribution < -0.4 is 9.64 Å². The Morgan fingerprint density at radius 1 is 1.12 bits per heavy atom. The highest BCUT2D eigenvalue weighted by Gasteiger charge is 2.29. The van der Waals surface area contributed by atoms with Gasteiger partial charge in [-0.15, -0.1) is 0 Å². The minimum atomic E-state index is -1.62. The lowest BCUT2D eigenvalue weighted by molar-refractivity contribution is -0.394. The Morgan fingerprint density at radius 2 is 1.73 bits per heavy atom. The molecule has 0 saturated carbocycles. The molecule has 0 aliphatic carbocycles. The largest absolute Gasteiger partial charge is 0.477 e. The van der Waals surface area contributed by atoms with E-state index >= 15 is 0 Å². The quantitative estimate of drug-likeness (QED) is 0.590. The zero-order chi connectivity index (χ0) is 19.6. The number of aromatic carboxylic acids is 1. The highest BCUT2D eigenvalue weighted by molar-refractivity contribution is 6.34. The molecule has 0 atom stereocenters. The standard InChI is InChI=1S/C15H12ClN3O7/c1-17(2)9-4-3-5-12(14(9)16)26-13-6-8(15(20)21)10(18(22)23)7-11(13)19(24)25/h3-7H,1-2H3,(H,20,21). The number of anilines is 1. The van der Waals surface area contributed by atoms with Gasteiger partial charge in [-0.1, -0.05) is 17.7 Å². The number of halogens is 1. The maximum Gasteiger partial charge on any atom is 0.342 e. The van der Waals surface area contributed by atoms with Gasteiger partial charge in [0.15, 0.2) is 0 Å². The molecule has 0 aliphatic heterocycles. The van der Waals surface area contributed by atoms with Crippen LogP contribution in [0.4, 0.5) is 17.1 Å². The van der Waals surface area contributed by atoms with Crippen LogP contribution in [0.15, 0.2) is 30.3 Å². The monoisotopic (exact) mass is 381 g/mol. The molecule has 0 saturated heterocycles. The molecule has 0 amide bonds. The molecule has 1 N–H and O–H groups in total. The molecule has 0 bridgehead atoms. The number of hydrogen-bond acceptors (Lipinski definition) is 7. The van der Waals surface area contributed by atoms with Crippen molar-refractivity contribution in [1.82, 2.24) is 0 Å². The normalized spacial score (nSPS) is 10.3. The van der Waals surface area contributed by atoms with Crippen LogP contribution in [0, 0.1) is 20.2 Å². The van der Waals surface area contributed by atoms with Crippen LogP contribution >= 0.6 is 11.6 Å². The Hall–Kier alpha value is -3.40. The molecule has 0 unspecified atom stereocenters. The number of benzene rings is 2. The molecule has 11 heteroatoms. The third-order valence-electron chi connectivity index (χ3n) is 3.35. The van der Waals surface area contributed by atoms with Gasteiger partial charge in [-0.25, -0.2) is 4.79 Å². The second-order valence-electron chi connectivity index (χ2n) is 5.24. The molecule has 2 aromatic carbocycles. The van der Waals surface area contributed by atoms with Crippen LogP contribution in [0.2, 0.25) is 5.02 Å². The van der Waals surface area contributed by atoms with Crippen molar-refractivity contribution in [3.05, 3.63) is 61.1 Å². The van der Waals surface area contributed by atoms with Gasteiger partial charge in [0.1, 0.15) is 16.3 Å². The number of nitrogens with zero attached hydrogens (tertiary/aromatic N) is 3. The fourth-order valence-electron chi connectivity index (χ4n) is 2.15. The number of carboxylic acids is 1. The summed E-state index contributed by atoms with van der Waals surface area (Å²) in [7, 11) is 3.45. The van der Waals surface area contributed by atoms with Crippen molar-refractivity contribution in [3.63, 3.8) is 0 Å². The van der Waals surface area contributed by atoms with E-state index in [-0.39, 0.29) is 10.8 Å². The fourth-order valence-corrected chi connectivity index (χ4v) is 2.48. The third-order valence-corrected chi connectivity index (χ3v) is 3.73. The van der Waals surface area contributed by atoms with E-state index in [1.807, 2.05) is 0 Å². The summed E-state index contributed by atoms with van der Waals surface area (Å²) in [6, 6.07) is 5.98. The highest BCUT2D eigenvalue weighted by atomic mass is 35.5. The molecular weight excluding hydrogens is 370 g/mol. The molecule has 2 rings (SSSR count). The van der Waals surface area contributed by atoms with Crippen LogP contribution in [0.1, 0.15) is 10.4 Å². The van der Waals surface area contributed by atoms with Gasteiger partial charge in [0, 0.05) is 20.2 Å². The molecule has 10 nitrogen and oxygen atoms in total. The highest BCUT2D eigenvalue weighted by Crippen LogP contribution is 2.41. The minimum absolute atomic E-state index is 0.0335. The van der Waals surface area contributed by atoms with Crippen LogP contribution in [-0.2, 0) is 0 Å². The van der Waals surface area contributed by atoms with Gasteiger partial charge in [-0.05, 0) is 12.1 Å². The number of nitro groups is 2. The van der Waals surface area contributed by atoms with E-state index in [1.165, 1.54) is 6.07 Å². The molecular formula is C15H12ClN3O7. The van der Waals surface area contributed by atoms with E-state index in [2.05, 4.69) is 0 Å². The lowest BCUT2D eigenvalue weighted by atomic mass is 10.1. The van der Waals surface area contributed by atoms with Crippen molar-refractivity contribution in [3.8, 4) is 11.5 Å². The summed E-state index contributed by atoms with van der Waals surface area (Å²) < 4.78 is 5.43. The van der Waals surface area contributed by atoms with Gasteiger partial charge < -0.3 is 14.7 Å². The Balaban J connectivity index is 2.64. The summed E-state index contributed by atoms with van der Waals surface area (Å²) >= 11 is 6.21. The summed E-state index contributed by atoms with van der Waals surface area (Å²) in [5.41, 5.74) is -1.85. The molecule has 26 heavy (non-hydrogen) atoms. The molecule has 136 valence electrons. The molecule has 0 radical (unpaired) electrons. The van der Waals surface area contributed by atoms with E-state index < -0.39 is 38.5 Å². The van der Waals surface area contributed by atoms with Crippen LogP contribution in [0.5, 0.6) is 11.5 Å². The van der Waals surface area contributed by atoms with Gasteiger partial charge in [0.25, 0.3) is 5.69 Å². The second-order valence-corrected chi connectivity index (χ2v) is 5.62. The molecule has 0 fully saturated rings. The van der Waals surface area contributed by atoms with E-state index in [9.17, 15) is 25.0 Å². The van der Waals surface area contributed by atoms with Crippen molar-refractivity contribution in [1.29, 1.82) is 0 Å². The zero-order valence-electron chi connectivity index (χ0n) is 13.5. The van der Waals surface area contributed by atoms with Crippen molar-refractivity contribution in [2.24, 2.45) is 0 Å². The van der Waals surface area contributed by atoms with E-state index in [0.29, 0.717) is 11.8 Å². The van der Waals surface area contributed by atoms with Crippen molar-refractivity contribution in [2.45, 2.75) is 0 Å². The number of rotatable bonds is 6. The third kappa shape index (κ3) is 3.64. The van der Waals surface area contributed by atoms with E-state index in [1.54, 1.807) is 31.1 Å². The number of carbonyl (C=O) groups is 1. The minimum Gasteiger partial charge on any atom is -0.477 e. The van der Waals surface area contributed by atoms with E-state index in [0.717, 1.165) is 6.07 Å². The lowest BCUT2D eigenvalue weighted by Crippen LogP contribution is -2.09. The first-order chi connectivity index (χ1) is 12.1. The molecule has 0 aliphatic rings. The Morgan fingerprint density at radius 3 is 2.23 bits per heavy atom. The van der Waals surface area contributed by atoms with Crippen molar-refractivity contribution in [2.75, 3.05) is 19.0 Å². The molecule has 0 heterocycles. The predicted octanol–water partition coefficient (Wildman–Crippen LogP) is 3.71. The van der Waals surface area contributed by atoms with Crippen LogP contribution in [-0.4, -0.2) is 35.0 Å². The SMILES string of the molecule is CN(C)c1cccc(Oc2cc(C(=O)O)c([N+](=O)[O-])cc2[N+](=O)[O-])c1Cl. The Labute approximate surface area is 151 Å². The second kappa shape index (κ2) is 7.23. The van der Waals surface area contributed by atoms with Crippen molar-refractivity contribution < 1.29 is 24.5 Å². The first kappa shape index (κ1) is 18.9. The summed E-state index contributed by atoms with van der Waals surface area (Å²) in [4.78, 5) is 33.3. The van der Waals surface area contributed by atoms with E-state index in [4.69, 9.17) is 21.4 Å². The lowest BCUT2D eigenvalue weighted by Gasteiger charge is -2.17. The van der Waals surface area contributed by atoms with Crippen LogP contribution in [0.3, 0.4) is 0 Å². The fraction of sp³-hybridized carbons (Fsp3) is 0.133. The number of ether oxygens (including phenoxy) is 1. The number of nitro benzene ring substituents is 2. The summed E-state index contributed by atoms with van der Waals surface area (Å²) in [6.45, 7) is 0. The Bertz CT molecular complexity index is 914. The molecule has 0 aromatic heterocycles. The van der Waals surface area contributed by atoms with Crippen molar-refractivity contribution >= 4 is 34.6 Å². The summed E-state index contributed by atoms with van der Waals surface area (Å²) in [5, 5.41) is 31.5. The van der Waals surface area contributed by atoms with Gasteiger partial charge in [-0.3, -0.25) is 20.2 Å². The first-order valence-corrected chi connectivity index (χ1v) is 7.35. The zero-order valence-corrected chi connectivity index (χ0v) is 14.3. The topological polar surface area (TPSA) is 136 Å². The molecule has 2 aromatic rings. The maximum absolute atomic E-state index is 11.3. The van der Waals surface area contributed by atoms with Gasteiger partial charge >= 0.3 is 11.7 Å². The maximum atomic E-state index is 11.3. The average molecular weight is 382 g/mol. The number of carboxylic acid groups (broad SMARTS) is 1. The average Bonchev–Trinajstić information content (AvgIpc) is 2.55. The summed E-state index contributed by atoms with van der Waals surface area (Å²) in [5.74, 6) is -2.06. The summed E-state index contributed by atoms with van der Waals surface area (Å²) in [6.07, 6.45) is 0. The number of hydrogen-bond donors (Lipinski definition) is 1. The first-order valence-electron chi connectivity index (χ1n) is 6.97. The van der Waals surface area contributed by atoms with Gasteiger partial charge in [-0.2, -0.15) is 0 Å². The van der Waals surface area contributed by atoms with Gasteiger partial charge in [0.2, 0.25) is 5.75 Å². The molecule has 0 spiro atoms. The smallest absolute Gasteiger partial charge is 0.342 e. The van der Waals surface area contributed by atoms with Gasteiger partial charge in [0.05, 0.1) is 21.6 Å². The van der Waals surface area contributed by atoms with Crippen LogP contribution in [0.25, 0.3) is 0 Å². The Kier molecular flexibility index (Phi) is 5.27. The predicted molar refractivity (Wildman–Crippen MR) is 92.6 cm³/mol.